The first kappa shape index (κ1) is 7.21. The Morgan fingerprint density at radius 2 is 1.77 bits per heavy atom. The van der Waals surface area contributed by atoms with Crippen LogP contribution in [0.4, 0.5) is 0 Å². The van der Waals surface area contributed by atoms with Gasteiger partial charge < -0.3 is 14.9 Å². The SMILES string of the molecule is OC1C2C[C@@H]3[C@H]4C[C@H]([C@@H](O2)[C@@H]4O)[C@H]13. The van der Waals surface area contributed by atoms with Gasteiger partial charge in [-0.15, -0.1) is 0 Å². The highest BCUT2D eigenvalue weighted by Gasteiger charge is 2.68. The summed E-state index contributed by atoms with van der Waals surface area (Å²) in [5, 5.41) is 19.8. The van der Waals surface area contributed by atoms with E-state index in [0.717, 1.165) is 12.8 Å². The number of aliphatic hydroxyl groups is 2. The van der Waals surface area contributed by atoms with E-state index in [9.17, 15) is 10.2 Å². The van der Waals surface area contributed by atoms with Crippen molar-refractivity contribution in [1.29, 1.82) is 0 Å². The predicted octanol–water partition coefficient (Wildman–Crippen LogP) is -0.239. The van der Waals surface area contributed by atoms with Crippen molar-refractivity contribution in [3.63, 3.8) is 0 Å². The van der Waals surface area contributed by atoms with E-state index in [0.29, 0.717) is 23.7 Å². The molecule has 0 amide bonds. The van der Waals surface area contributed by atoms with Gasteiger partial charge in [0.25, 0.3) is 0 Å². The van der Waals surface area contributed by atoms with Crippen LogP contribution in [0.1, 0.15) is 12.8 Å². The van der Waals surface area contributed by atoms with E-state index in [1.807, 2.05) is 0 Å². The summed E-state index contributed by atoms with van der Waals surface area (Å²) in [6.07, 6.45) is 1.71. The van der Waals surface area contributed by atoms with Crippen LogP contribution in [-0.2, 0) is 4.74 Å². The predicted molar refractivity (Wildman–Crippen MR) is 43.9 cm³/mol. The minimum atomic E-state index is -0.233. The Kier molecular flexibility index (Phi) is 1.08. The van der Waals surface area contributed by atoms with Crippen LogP contribution < -0.4 is 0 Å². The number of hydrogen-bond acceptors (Lipinski definition) is 3. The average Bonchev–Trinajstić information content (AvgIpc) is 2.60. The summed E-state index contributed by atoms with van der Waals surface area (Å²) in [5.41, 5.74) is 0. The molecule has 4 bridgehead atoms. The Morgan fingerprint density at radius 3 is 2.62 bits per heavy atom. The van der Waals surface area contributed by atoms with Crippen molar-refractivity contribution >= 4 is 0 Å². The Hall–Kier alpha value is -0.120. The van der Waals surface area contributed by atoms with Gasteiger partial charge in [-0.1, -0.05) is 0 Å². The van der Waals surface area contributed by atoms with Crippen molar-refractivity contribution in [2.24, 2.45) is 23.7 Å². The van der Waals surface area contributed by atoms with Crippen molar-refractivity contribution < 1.29 is 14.9 Å². The first-order valence-electron chi connectivity index (χ1n) is 5.29. The molecule has 72 valence electrons. The molecule has 1 saturated heterocycles. The number of aliphatic hydroxyl groups excluding tert-OH is 2. The zero-order valence-electron chi connectivity index (χ0n) is 7.34. The quantitative estimate of drug-likeness (QED) is 0.543. The van der Waals surface area contributed by atoms with Gasteiger partial charge in [0, 0.05) is 0 Å². The molecule has 4 aliphatic rings. The number of rotatable bonds is 0. The molecule has 0 radical (unpaired) electrons. The molecule has 1 heterocycles. The fourth-order valence-corrected chi connectivity index (χ4v) is 4.51. The lowest BCUT2D eigenvalue weighted by atomic mass is 9.77. The maximum Gasteiger partial charge on any atom is 0.0873 e. The van der Waals surface area contributed by atoms with E-state index in [1.165, 1.54) is 0 Å². The van der Waals surface area contributed by atoms with Gasteiger partial charge in [0.2, 0.25) is 0 Å². The first-order chi connectivity index (χ1) is 6.27. The maximum absolute atomic E-state index is 9.91. The van der Waals surface area contributed by atoms with Gasteiger partial charge in [0.1, 0.15) is 0 Å². The van der Waals surface area contributed by atoms with Gasteiger partial charge in [0.15, 0.2) is 0 Å². The molecule has 0 spiro atoms. The molecule has 3 heteroatoms. The molecule has 2 unspecified atom stereocenters. The molecule has 4 fully saturated rings. The smallest absolute Gasteiger partial charge is 0.0873 e. The van der Waals surface area contributed by atoms with Gasteiger partial charge in [-0.3, -0.25) is 0 Å². The fourth-order valence-electron chi connectivity index (χ4n) is 4.51. The third-order valence-corrected chi connectivity index (χ3v) is 4.89. The van der Waals surface area contributed by atoms with Gasteiger partial charge in [-0.2, -0.15) is 0 Å². The van der Waals surface area contributed by atoms with Crippen LogP contribution in [0.3, 0.4) is 0 Å². The van der Waals surface area contributed by atoms with Crippen molar-refractivity contribution in [1.82, 2.24) is 0 Å². The summed E-state index contributed by atoms with van der Waals surface area (Å²) < 4.78 is 5.75. The Morgan fingerprint density at radius 1 is 0.923 bits per heavy atom. The zero-order valence-corrected chi connectivity index (χ0v) is 7.34. The number of hydrogen-bond donors (Lipinski definition) is 2. The molecule has 0 aromatic heterocycles. The zero-order chi connectivity index (χ0) is 8.74. The van der Waals surface area contributed by atoms with E-state index >= 15 is 0 Å². The molecular weight excluding hydrogens is 168 g/mol. The van der Waals surface area contributed by atoms with E-state index in [-0.39, 0.29) is 24.4 Å². The number of fused-ring (bicyclic) bond motifs is 3. The highest BCUT2D eigenvalue weighted by molar-refractivity contribution is 5.16. The lowest BCUT2D eigenvalue weighted by Crippen LogP contribution is -2.50. The van der Waals surface area contributed by atoms with Gasteiger partial charge in [-0.25, -0.2) is 0 Å². The molecule has 3 aliphatic carbocycles. The van der Waals surface area contributed by atoms with E-state index < -0.39 is 0 Å². The monoisotopic (exact) mass is 182 g/mol. The molecule has 2 N–H and O–H groups in total. The third kappa shape index (κ3) is 0.602. The van der Waals surface area contributed by atoms with Crippen LogP contribution in [0.25, 0.3) is 0 Å². The molecule has 4 rings (SSSR count). The van der Waals surface area contributed by atoms with Crippen LogP contribution in [0, 0.1) is 23.7 Å². The summed E-state index contributed by atoms with van der Waals surface area (Å²) in [6.45, 7) is 0. The minimum Gasteiger partial charge on any atom is -0.390 e. The topological polar surface area (TPSA) is 49.7 Å². The Bertz CT molecular complexity index is 259. The Labute approximate surface area is 76.7 Å². The van der Waals surface area contributed by atoms with Crippen LogP contribution >= 0.6 is 0 Å². The van der Waals surface area contributed by atoms with E-state index in [2.05, 4.69) is 0 Å². The van der Waals surface area contributed by atoms with Crippen LogP contribution in [-0.4, -0.2) is 34.6 Å². The molecule has 3 nitrogen and oxygen atoms in total. The largest absolute Gasteiger partial charge is 0.390 e. The third-order valence-electron chi connectivity index (χ3n) is 4.89. The van der Waals surface area contributed by atoms with Gasteiger partial charge >= 0.3 is 0 Å². The second-order valence-electron chi connectivity index (χ2n) is 5.16. The van der Waals surface area contributed by atoms with Crippen LogP contribution in [0.5, 0.6) is 0 Å². The second kappa shape index (κ2) is 1.95. The maximum atomic E-state index is 9.91. The molecule has 13 heavy (non-hydrogen) atoms. The first-order valence-corrected chi connectivity index (χ1v) is 5.29. The molecule has 0 aromatic rings. The number of ether oxygens (including phenoxy) is 1. The standard InChI is InChI=1S/C10H14O3/c11-8-4-1-5-7-3(4)2-6(9(7)12)13-10(5)8/h3-12H,1-2H2/t3-,4-,5+,6?,7-,8-,9?,10-/m1/s1. The summed E-state index contributed by atoms with van der Waals surface area (Å²) in [5.74, 6) is 1.90. The average molecular weight is 182 g/mol. The normalized spacial score (nSPS) is 72.5. The van der Waals surface area contributed by atoms with Crippen molar-refractivity contribution in [2.45, 2.75) is 37.3 Å². The second-order valence-corrected chi connectivity index (χ2v) is 5.16. The summed E-state index contributed by atoms with van der Waals surface area (Å²) >= 11 is 0. The highest BCUT2D eigenvalue weighted by atomic mass is 16.5. The molecule has 3 saturated carbocycles. The lowest BCUT2D eigenvalue weighted by Gasteiger charge is -2.40. The van der Waals surface area contributed by atoms with E-state index in [4.69, 9.17) is 4.74 Å². The summed E-state index contributed by atoms with van der Waals surface area (Å²) in [6, 6.07) is 0. The van der Waals surface area contributed by atoms with E-state index in [1.54, 1.807) is 0 Å². The fraction of sp³-hybridized carbons (Fsp3) is 1.00. The Balaban J connectivity index is 1.85. The van der Waals surface area contributed by atoms with Crippen molar-refractivity contribution in [3.8, 4) is 0 Å². The van der Waals surface area contributed by atoms with Crippen molar-refractivity contribution in [3.05, 3.63) is 0 Å². The molecule has 0 aromatic carbocycles. The summed E-state index contributed by atoms with van der Waals surface area (Å²) in [7, 11) is 0. The van der Waals surface area contributed by atoms with Crippen LogP contribution in [0.2, 0.25) is 0 Å². The minimum absolute atomic E-state index is 0.0381. The molecule has 8 atom stereocenters. The van der Waals surface area contributed by atoms with Crippen LogP contribution in [0.15, 0.2) is 0 Å². The lowest BCUT2D eigenvalue weighted by molar-refractivity contribution is -0.173. The van der Waals surface area contributed by atoms with Gasteiger partial charge in [-0.05, 0) is 36.5 Å². The summed E-state index contributed by atoms with van der Waals surface area (Å²) in [4.78, 5) is 0. The molecular formula is C10H14O3. The van der Waals surface area contributed by atoms with Gasteiger partial charge in [0.05, 0.1) is 24.4 Å². The van der Waals surface area contributed by atoms with Crippen molar-refractivity contribution in [2.75, 3.05) is 0 Å². The molecule has 1 aliphatic heterocycles. The highest BCUT2D eigenvalue weighted by Crippen LogP contribution is 2.63.